The highest BCUT2D eigenvalue weighted by molar-refractivity contribution is 5.80. The van der Waals surface area contributed by atoms with E-state index in [0.29, 0.717) is 18.4 Å². The van der Waals surface area contributed by atoms with Crippen molar-refractivity contribution in [3.63, 3.8) is 0 Å². The lowest BCUT2D eigenvalue weighted by atomic mass is 9.99. The second-order valence-electron chi connectivity index (χ2n) is 5.67. The summed E-state index contributed by atoms with van der Waals surface area (Å²) in [6.45, 7) is 4.17. The molecule has 0 unspecified atom stereocenters. The number of carboxylic acid groups (broad SMARTS) is 1. The van der Waals surface area contributed by atoms with Gasteiger partial charge >= 0.3 is 12.0 Å². The summed E-state index contributed by atoms with van der Waals surface area (Å²) in [5.41, 5.74) is 0. The molecular formula is C13H22N2O3. The number of carbonyl (C=O) groups excluding carboxylic acids is 1. The fraction of sp³-hybridized carbons (Fsp3) is 0.846. The lowest BCUT2D eigenvalue weighted by Gasteiger charge is -2.34. The first-order valence-electron chi connectivity index (χ1n) is 6.82. The summed E-state index contributed by atoms with van der Waals surface area (Å²) in [5, 5.41) is 8.89. The van der Waals surface area contributed by atoms with Crippen molar-refractivity contribution < 1.29 is 14.7 Å². The Labute approximate surface area is 108 Å². The average Bonchev–Trinajstić information content (AvgIpc) is 3.12. The minimum Gasteiger partial charge on any atom is -0.480 e. The van der Waals surface area contributed by atoms with Crippen molar-refractivity contribution in [2.75, 3.05) is 26.2 Å². The van der Waals surface area contributed by atoms with Gasteiger partial charge in [0.1, 0.15) is 6.54 Å². The van der Waals surface area contributed by atoms with Crippen molar-refractivity contribution in [3.05, 3.63) is 0 Å². The molecule has 0 aromatic heterocycles. The molecule has 2 amide bonds. The van der Waals surface area contributed by atoms with Gasteiger partial charge in [0.25, 0.3) is 0 Å². The number of urea groups is 1. The molecule has 5 nitrogen and oxygen atoms in total. The van der Waals surface area contributed by atoms with Crippen LogP contribution in [0.4, 0.5) is 4.79 Å². The van der Waals surface area contributed by atoms with Crippen LogP contribution >= 0.6 is 0 Å². The maximum absolute atomic E-state index is 12.3. The van der Waals surface area contributed by atoms with Gasteiger partial charge in [0.05, 0.1) is 0 Å². The van der Waals surface area contributed by atoms with Gasteiger partial charge in [0, 0.05) is 19.6 Å². The number of amides is 2. The highest BCUT2D eigenvalue weighted by atomic mass is 16.4. The molecule has 0 radical (unpaired) electrons. The zero-order valence-electron chi connectivity index (χ0n) is 11.0. The zero-order chi connectivity index (χ0) is 13.1. The van der Waals surface area contributed by atoms with Gasteiger partial charge in [-0.05, 0) is 37.5 Å². The second-order valence-corrected chi connectivity index (χ2v) is 5.67. The first-order valence-corrected chi connectivity index (χ1v) is 6.82. The molecule has 0 aromatic carbocycles. The average molecular weight is 254 g/mol. The normalized spacial score (nSPS) is 20.8. The van der Waals surface area contributed by atoms with Gasteiger partial charge in [-0.2, -0.15) is 0 Å². The predicted octanol–water partition coefficient (Wildman–Crippen LogP) is 1.63. The van der Waals surface area contributed by atoms with E-state index in [2.05, 4.69) is 6.92 Å². The molecule has 2 aliphatic rings. The molecule has 1 N–H and O–H groups in total. The molecular weight excluding hydrogens is 232 g/mol. The highest BCUT2D eigenvalue weighted by Crippen LogP contribution is 2.30. The van der Waals surface area contributed by atoms with E-state index in [1.807, 2.05) is 4.90 Å². The van der Waals surface area contributed by atoms with Crippen LogP contribution in [-0.4, -0.2) is 53.1 Å². The standard InChI is InChI=1S/C13H22N2O3/c1-10-4-6-14(7-5-10)13(18)15(9-12(16)17)8-11-2-3-11/h10-11H,2-9H2,1H3,(H,16,17). The Balaban J connectivity index is 1.90. The van der Waals surface area contributed by atoms with E-state index in [1.54, 1.807) is 0 Å². The van der Waals surface area contributed by atoms with Crippen LogP contribution in [0, 0.1) is 11.8 Å². The Morgan fingerprint density at radius 2 is 1.83 bits per heavy atom. The summed E-state index contributed by atoms with van der Waals surface area (Å²) in [5.74, 6) is 0.275. The summed E-state index contributed by atoms with van der Waals surface area (Å²) < 4.78 is 0. The van der Waals surface area contributed by atoms with Crippen molar-refractivity contribution in [1.29, 1.82) is 0 Å². The van der Waals surface area contributed by atoms with E-state index >= 15 is 0 Å². The van der Waals surface area contributed by atoms with E-state index in [0.717, 1.165) is 38.8 Å². The largest absolute Gasteiger partial charge is 0.480 e. The third-order valence-electron chi connectivity index (χ3n) is 3.83. The molecule has 102 valence electrons. The molecule has 0 bridgehead atoms. The van der Waals surface area contributed by atoms with Crippen LogP contribution in [0.5, 0.6) is 0 Å². The van der Waals surface area contributed by atoms with Crippen molar-refractivity contribution in [2.24, 2.45) is 11.8 Å². The number of nitrogens with zero attached hydrogens (tertiary/aromatic N) is 2. The number of hydrogen-bond acceptors (Lipinski definition) is 2. The summed E-state index contributed by atoms with van der Waals surface area (Å²) >= 11 is 0. The fourth-order valence-corrected chi connectivity index (χ4v) is 2.39. The Morgan fingerprint density at radius 1 is 1.22 bits per heavy atom. The minimum atomic E-state index is -0.922. The number of piperidine rings is 1. The number of carbonyl (C=O) groups is 2. The Bertz CT molecular complexity index is 320. The topological polar surface area (TPSA) is 60.9 Å². The molecule has 1 aliphatic heterocycles. The van der Waals surface area contributed by atoms with Crippen LogP contribution in [0.1, 0.15) is 32.6 Å². The van der Waals surface area contributed by atoms with Crippen LogP contribution in [0.15, 0.2) is 0 Å². The number of aliphatic carboxylic acids is 1. The quantitative estimate of drug-likeness (QED) is 0.829. The lowest BCUT2D eigenvalue weighted by Crippen LogP contribution is -2.48. The van der Waals surface area contributed by atoms with Crippen molar-refractivity contribution in [1.82, 2.24) is 9.80 Å². The number of likely N-dealkylation sites (tertiary alicyclic amines) is 1. The smallest absolute Gasteiger partial charge is 0.323 e. The molecule has 2 rings (SSSR count). The van der Waals surface area contributed by atoms with Crippen molar-refractivity contribution in [2.45, 2.75) is 32.6 Å². The van der Waals surface area contributed by atoms with E-state index in [-0.39, 0.29) is 12.6 Å². The van der Waals surface area contributed by atoms with E-state index < -0.39 is 5.97 Å². The van der Waals surface area contributed by atoms with Gasteiger partial charge < -0.3 is 14.9 Å². The molecule has 5 heteroatoms. The van der Waals surface area contributed by atoms with Crippen LogP contribution < -0.4 is 0 Å². The molecule has 18 heavy (non-hydrogen) atoms. The third kappa shape index (κ3) is 3.62. The monoisotopic (exact) mass is 254 g/mol. The molecule has 1 saturated carbocycles. The second kappa shape index (κ2) is 5.59. The predicted molar refractivity (Wildman–Crippen MR) is 67.3 cm³/mol. The van der Waals surface area contributed by atoms with Crippen LogP contribution in [0.25, 0.3) is 0 Å². The summed E-state index contributed by atoms with van der Waals surface area (Å²) in [4.78, 5) is 26.5. The van der Waals surface area contributed by atoms with E-state index in [9.17, 15) is 9.59 Å². The molecule has 0 spiro atoms. The van der Waals surface area contributed by atoms with Gasteiger partial charge in [0.15, 0.2) is 0 Å². The van der Waals surface area contributed by atoms with Crippen LogP contribution in [0.2, 0.25) is 0 Å². The summed E-state index contributed by atoms with van der Waals surface area (Å²) in [7, 11) is 0. The maximum Gasteiger partial charge on any atom is 0.323 e. The van der Waals surface area contributed by atoms with Gasteiger partial charge in [-0.3, -0.25) is 4.79 Å². The van der Waals surface area contributed by atoms with E-state index in [1.165, 1.54) is 4.90 Å². The Kier molecular flexibility index (Phi) is 4.09. The summed E-state index contributed by atoms with van der Waals surface area (Å²) in [6, 6.07) is -0.0869. The molecule has 0 atom stereocenters. The molecule has 0 aromatic rings. The minimum absolute atomic E-state index is 0.0869. The maximum atomic E-state index is 12.3. The van der Waals surface area contributed by atoms with Crippen molar-refractivity contribution in [3.8, 4) is 0 Å². The molecule has 1 heterocycles. The van der Waals surface area contributed by atoms with Crippen molar-refractivity contribution >= 4 is 12.0 Å². The molecule has 1 aliphatic carbocycles. The number of rotatable bonds is 4. The Hall–Kier alpha value is -1.26. The molecule has 1 saturated heterocycles. The number of hydrogen-bond donors (Lipinski definition) is 1. The summed E-state index contributed by atoms with van der Waals surface area (Å²) in [6.07, 6.45) is 4.30. The van der Waals surface area contributed by atoms with Gasteiger partial charge in [0.2, 0.25) is 0 Å². The third-order valence-corrected chi connectivity index (χ3v) is 3.83. The fourth-order valence-electron chi connectivity index (χ4n) is 2.39. The SMILES string of the molecule is CC1CCN(C(=O)N(CC(=O)O)CC2CC2)CC1. The zero-order valence-corrected chi connectivity index (χ0v) is 11.0. The van der Waals surface area contributed by atoms with Gasteiger partial charge in [-0.1, -0.05) is 6.92 Å². The first kappa shape index (κ1) is 13.2. The first-order chi connectivity index (χ1) is 8.56. The van der Waals surface area contributed by atoms with E-state index in [4.69, 9.17) is 5.11 Å². The highest BCUT2D eigenvalue weighted by Gasteiger charge is 2.31. The lowest BCUT2D eigenvalue weighted by molar-refractivity contribution is -0.137. The Morgan fingerprint density at radius 3 is 2.33 bits per heavy atom. The van der Waals surface area contributed by atoms with Crippen LogP contribution in [0.3, 0.4) is 0 Å². The van der Waals surface area contributed by atoms with Crippen LogP contribution in [-0.2, 0) is 4.79 Å². The molecule has 2 fully saturated rings. The van der Waals surface area contributed by atoms with Gasteiger partial charge in [-0.15, -0.1) is 0 Å². The number of carboxylic acids is 1. The van der Waals surface area contributed by atoms with Gasteiger partial charge in [-0.25, -0.2) is 4.79 Å².